The van der Waals surface area contributed by atoms with Gasteiger partial charge in [0, 0.05) is 63.0 Å². The van der Waals surface area contributed by atoms with Crippen LogP contribution in [0, 0.1) is 11.7 Å². The summed E-state index contributed by atoms with van der Waals surface area (Å²) in [5.41, 5.74) is 1.12. The van der Waals surface area contributed by atoms with Crippen molar-refractivity contribution in [3.8, 4) is 0 Å². The molecule has 0 atom stereocenters. The number of piperazine rings is 1. The molecule has 6 rings (SSSR count). The number of carbonyl (C=O) groups is 2. The summed E-state index contributed by atoms with van der Waals surface area (Å²) in [5.74, 6) is -0.719. The zero-order chi connectivity index (χ0) is 26.9. The smallest absolute Gasteiger partial charge is 0.272 e. The van der Waals surface area contributed by atoms with Gasteiger partial charge in [-0.05, 0) is 49.7 Å². The topological polar surface area (TPSA) is 102 Å². The third-order valence-corrected chi connectivity index (χ3v) is 8.44. The van der Waals surface area contributed by atoms with E-state index in [1.54, 1.807) is 29.2 Å². The highest BCUT2D eigenvalue weighted by Gasteiger charge is 2.34. The number of amides is 2. The molecule has 3 saturated heterocycles. The monoisotopic (exact) mass is 532 g/mol. The zero-order valence-corrected chi connectivity index (χ0v) is 21.9. The Morgan fingerprint density at radius 2 is 1.62 bits per heavy atom. The van der Waals surface area contributed by atoms with Gasteiger partial charge in [-0.2, -0.15) is 5.10 Å². The van der Waals surface area contributed by atoms with Crippen LogP contribution < -0.4 is 10.9 Å². The molecule has 0 radical (unpaired) electrons. The van der Waals surface area contributed by atoms with Crippen LogP contribution in [-0.4, -0.2) is 95.1 Å². The van der Waals surface area contributed by atoms with Crippen molar-refractivity contribution in [2.45, 2.75) is 25.3 Å². The lowest BCUT2D eigenvalue weighted by molar-refractivity contribution is -0.138. The standard InChI is InChI=1S/C29H33FN6O3/c30-25-6-5-19(16-26-22-3-1-2-4-23(22)27(37)33-32-26)15-24(25)29(39)36-13-11-35(12-14-36)28(38)20-7-9-34(10-8-20)21-17-31-18-21/h1-6,15,20-21,31H,7-14,16-18H2,(H,33,37). The SMILES string of the molecule is O=C(c1cc(Cc2n[nH]c(=O)c3ccccc23)ccc1F)N1CCN(C(=O)C2CCN(C3CNC3)CC2)CC1. The van der Waals surface area contributed by atoms with Crippen molar-refractivity contribution in [1.29, 1.82) is 0 Å². The molecule has 204 valence electrons. The fourth-order valence-electron chi connectivity index (χ4n) is 5.95. The van der Waals surface area contributed by atoms with Crippen molar-refractivity contribution in [3.05, 3.63) is 75.5 Å². The van der Waals surface area contributed by atoms with Gasteiger partial charge in [0.2, 0.25) is 5.91 Å². The van der Waals surface area contributed by atoms with Gasteiger partial charge in [0.05, 0.1) is 16.6 Å². The summed E-state index contributed by atoms with van der Waals surface area (Å²) in [7, 11) is 0. The first-order valence-corrected chi connectivity index (χ1v) is 13.8. The Morgan fingerprint density at radius 3 is 2.31 bits per heavy atom. The Balaban J connectivity index is 1.08. The molecule has 0 unspecified atom stereocenters. The summed E-state index contributed by atoms with van der Waals surface area (Å²) in [4.78, 5) is 44.5. The maximum atomic E-state index is 14.8. The quantitative estimate of drug-likeness (QED) is 0.518. The lowest BCUT2D eigenvalue weighted by Crippen LogP contribution is -2.59. The van der Waals surface area contributed by atoms with Crippen LogP contribution in [0.2, 0.25) is 0 Å². The normalized spacial score (nSPS) is 19.3. The molecule has 3 aliphatic rings. The molecule has 9 nitrogen and oxygen atoms in total. The maximum Gasteiger partial charge on any atom is 0.272 e. The second kappa shape index (κ2) is 10.9. The molecule has 3 fully saturated rings. The Kier molecular flexibility index (Phi) is 7.14. The van der Waals surface area contributed by atoms with Crippen molar-refractivity contribution >= 4 is 22.6 Å². The number of halogens is 1. The summed E-state index contributed by atoms with van der Waals surface area (Å²) in [5, 5.41) is 11.3. The second-order valence-corrected chi connectivity index (χ2v) is 10.8. The van der Waals surface area contributed by atoms with E-state index in [-0.39, 0.29) is 28.9 Å². The first kappa shape index (κ1) is 25.6. The second-order valence-electron chi connectivity index (χ2n) is 10.8. The van der Waals surface area contributed by atoms with E-state index in [1.165, 1.54) is 6.07 Å². The van der Waals surface area contributed by atoms with Crippen LogP contribution >= 0.6 is 0 Å². The molecule has 39 heavy (non-hydrogen) atoms. The van der Waals surface area contributed by atoms with Gasteiger partial charge in [-0.15, -0.1) is 0 Å². The molecule has 0 spiro atoms. The Bertz CT molecular complexity index is 1440. The minimum absolute atomic E-state index is 0.0128. The van der Waals surface area contributed by atoms with E-state index in [2.05, 4.69) is 20.4 Å². The molecule has 2 aromatic carbocycles. The average molecular weight is 533 g/mol. The summed E-state index contributed by atoms with van der Waals surface area (Å²) in [6.45, 7) is 5.69. The molecule has 2 N–H and O–H groups in total. The molecular weight excluding hydrogens is 499 g/mol. The fourth-order valence-corrected chi connectivity index (χ4v) is 5.95. The summed E-state index contributed by atoms with van der Waals surface area (Å²) in [6, 6.07) is 12.3. The number of carbonyl (C=O) groups excluding carboxylic acids is 2. The van der Waals surface area contributed by atoms with Crippen molar-refractivity contribution in [3.63, 3.8) is 0 Å². The van der Waals surface area contributed by atoms with Gasteiger partial charge in [0.25, 0.3) is 11.5 Å². The van der Waals surface area contributed by atoms with Crippen LogP contribution in [0.15, 0.2) is 47.3 Å². The van der Waals surface area contributed by atoms with Gasteiger partial charge < -0.3 is 15.1 Å². The molecule has 3 aromatic rings. The fraction of sp³-hybridized carbons (Fsp3) is 0.448. The van der Waals surface area contributed by atoms with Crippen LogP contribution in [0.25, 0.3) is 10.8 Å². The van der Waals surface area contributed by atoms with Crippen molar-refractivity contribution in [1.82, 2.24) is 30.2 Å². The number of nitrogens with one attached hydrogen (secondary N) is 2. The first-order valence-electron chi connectivity index (χ1n) is 13.8. The zero-order valence-electron chi connectivity index (χ0n) is 21.9. The number of fused-ring (bicyclic) bond motifs is 1. The number of aromatic nitrogens is 2. The summed E-state index contributed by atoms with van der Waals surface area (Å²) < 4.78 is 14.8. The molecule has 3 aliphatic heterocycles. The van der Waals surface area contributed by atoms with Crippen LogP contribution in [0.5, 0.6) is 0 Å². The lowest BCUT2D eigenvalue weighted by Gasteiger charge is -2.43. The highest BCUT2D eigenvalue weighted by molar-refractivity contribution is 5.95. The van der Waals surface area contributed by atoms with Crippen LogP contribution in [0.1, 0.15) is 34.5 Å². The Morgan fingerprint density at radius 1 is 0.923 bits per heavy atom. The van der Waals surface area contributed by atoms with Gasteiger partial charge >= 0.3 is 0 Å². The van der Waals surface area contributed by atoms with E-state index < -0.39 is 5.82 Å². The van der Waals surface area contributed by atoms with Gasteiger partial charge in [0.1, 0.15) is 5.82 Å². The third-order valence-electron chi connectivity index (χ3n) is 8.44. The largest absolute Gasteiger partial charge is 0.339 e. The predicted octanol–water partition coefficient (Wildman–Crippen LogP) is 1.62. The minimum atomic E-state index is -0.574. The van der Waals surface area contributed by atoms with Gasteiger partial charge in [-0.25, -0.2) is 9.49 Å². The predicted molar refractivity (Wildman–Crippen MR) is 145 cm³/mol. The number of likely N-dealkylation sites (tertiary alicyclic amines) is 1. The molecule has 4 heterocycles. The van der Waals surface area contributed by atoms with Crippen molar-refractivity contribution in [2.75, 3.05) is 52.4 Å². The van der Waals surface area contributed by atoms with Gasteiger partial charge in [0.15, 0.2) is 0 Å². The lowest BCUT2D eigenvalue weighted by atomic mass is 9.93. The molecule has 0 saturated carbocycles. The van der Waals surface area contributed by atoms with Gasteiger partial charge in [-0.3, -0.25) is 19.3 Å². The van der Waals surface area contributed by atoms with E-state index in [1.807, 2.05) is 17.0 Å². The highest BCUT2D eigenvalue weighted by Crippen LogP contribution is 2.24. The number of benzene rings is 2. The molecular formula is C29H33FN6O3. The number of piperidine rings is 1. The number of rotatable bonds is 5. The first-order chi connectivity index (χ1) is 19.0. The van der Waals surface area contributed by atoms with Crippen LogP contribution in [-0.2, 0) is 11.2 Å². The highest BCUT2D eigenvalue weighted by atomic mass is 19.1. The maximum absolute atomic E-state index is 14.8. The molecule has 2 amide bonds. The molecule has 0 aliphatic carbocycles. The molecule has 1 aromatic heterocycles. The Labute approximate surface area is 226 Å². The average Bonchev–Trinajstić information content (AvgIpc) is 2.94. The third kappa shape index (κ3) is 5.18. The summed E-state index contributed by atoms with van der Waals surface area (Å²) in [6.07, 6.45) is 2.11. The van der Waals surface area contributed by atoms with Crippen molar-refractivity contribution < 1.29 is 14.0 Å². The van der Waals surface area contributed by atoms with Crippen LogP contribution in [0.4, 0.5) is 4.39 Å². The number of aromatic amines is 1. The number of hydrogen-bond donors (Lipinski definition) is 2. The molecule has 0 bridgehead atoms. The summed E-state index contributed by atoms with van der Waals surface area (Å²) >= 11 is 0. The molecule has 10 heteroatoms. The van der Waals surface area contributed by atoms with E-state index in [0.717, 1.165) is 50.0 Å². The number of nitrogens with zero attached hydrogens (tertiary/aromatic N) is 4. The van der Waals surface area contributed by atoms with E-state index in [4.69, 9.17) is 0 Å². The van der Waals surface area contributed by atoms with E-state index >= 15 is 0 Å². The Hall–Kier alpha value is -3.63. The van der Waals surface area contributed by atoms with Gasteiger partial charge in [-0.1, -0.05) is 24.3 Å². The number of H-pyrrole nitrogens is 1. The van der Waals surface area contributed by atoms with E-state index in [0.29, 0.717) is 49.7 Å². The van der Waals surface area contributed by atoms with E-state index in [9.17, 15) is 18.8 Å². The van der Waals surface area contributed by atoms with Crippen molar-refractivity contribution in [2.24, 2.45) is 5.92 Å². The number of hydrogen-bond acceptors (Lipinski definition) is 6. The van der Waals surface area contributed by atoms with Crippen LogP contribution in [0.3, 0.4) is 0 Å². The minimum Gasteiger partial charge on any atom is -0.339 e.